The number of rotatable bonds is 15. The van der Waals surface area contributed by atoms with Crippen LogP contribution in [0.2, 0.25) is 0 Å². The number of hydrogen-bond donors (Lipinski definition) is 1. The van der Waals surface area contributed by atoms with Gasteiger partial charge in [-0.05, 0) is 34.1 Å². The van der Waals surface area contributed by atoms with Crippen molar-refractivity contribution in [1.82, 2.24) is 5.32 Å². The van der Waals surface area contributed by atoms with E-state index in [1.807, 2.05) is 20.8 Å². The Morgan fingerprint density at radius 3 is 1.65 bits per heavy atom. The highest BCUT2D eigenvalue weighted by atomic mass is 16.6. The van der Waals surface area contributed by atoms with Crippen LogP contribution in [0.4, 0.5) is 0 Å². The van der Waals surface area contributed by atoms with Crippen LogP contribution in [0.25, 0.3) is 0 Å². The first kappa shape index (κ1) is 24.9. The van der Waals surface area contributed by atoms with Gasteiger partial charge in [-0.3, -0.25) is 4.79 Å². The van der Waals surface area contributed by atoms with Gasteiger partial charge in [0.2, 0.25) is 5.91 Å². The summed E-state index contributed by atoms with van der Waals surface area (Å²) in [6.07, 6.45) is 15.8. The lowest BCUT2D eigenvalue weighted by molar-refractivity contribution is -0.158. The van der Waals surface area contributed by atoms with Gasteiger partial charge in [0.05, 0.1) is 0 Å². The lowest BCUT2D eigenvalue weighted by Gasteiger charge is -2.22. The fourth-order valence-electron chi connectivity index (χ4n) is 2.89. The first-order valence-electron chi connectivity index (χ1n) is 10.8. The molecule has 0 rings (SSSR count). The largest absolute Gasteiger partial charge is 0.458 e. The summed E-state index contributed by atoms with van der Waals surface area (Å²) >= 11 is 0. The van der Waals surface area contributed by atoms with Crippen molar-refractivity contribution in [3.05, 3.63) is 0 Å². The standard InChI is InChI=1S/C22H43NO3/c1-6-7-8-9-10-11-12-13-14-15-16-17-18-20(24)23-19(2)21(25)26-22(3,4)5/h19H,6-18H2,1-5H3,(H,23,24)/t19-/m1/s1. The number of carbonyl (C=O) groups is 2. The Morgan fingerprint density at radius 1 is 0.808 bits per heavy atom. The lowest BCUT2D eigenvalue weighted by Crippen LogP contribution is -2.42. The van der Waals surface area contributed by atoms with Crippen LogP contribution >= 0.6 is 0 Å². The second-order valence-corrected chi connectivity index (χ2v) is 8.46. The monoisotopic (exact) mass is 369 g/mol. The quantitative estimate of drug-likeness (QED) is 0.288. The van der Waals surface area contributed by atoms with Crippen molar-refractivity contribution in [2.45, 2.75) is 130 Å². The maximum atomic E-state index is 11.9. The number of nitrogens with one attached hydrogen (secondary N) is 1. The molecule has 0 unspecified atom stereocenters. The molecule has 0 spiro atoms. The number of ether oxygens (including phenoxy) is 1. The van der Waals surface area contributed by atoms with Crippen LogP contribution in [0.15, 0.2) is 0 Å². The molecular formula is C22H43NO3. The van der Waals surface area contributed by atoms with Crippen molar-refractivity contribution in [3.63, 3.8) is 0 Å². The highest BCUT2D eigenvalue weighted by Gasteiger charge is 2.22. The van der Waals surface area contributed by atoms with Gasteiger partial charge in [0.1, 0.15) is 11.6 Å². The second-order valence-electron chi connectivity index (χ2n) is 8.46. The highest BCUT2D eigenvalue weighted by Crippen LogP contribution is 2.12. The van der Waals surface area contributed by atoms with Gasteiger partial charge in [0.25, 0.3) is 0 Å². The van der Waals surface area contributed by atoms with E-state index < -0.39 is 11.6 Å². The third-order valence-electron chi connectivity index (χ3n) is 4.40. The molecule has 0 aliphatic carbocycles. The molecule has 1 amide bonds. The number of amides is 1. The molecule has 0 aliphatic rings. The average molecular weight is 370 g/mol. The van der Waals surface area contributed by atoms with E-state index in [0.29, 0.717) is 6.42 Å². The van der Waals surface area contributed by atoms with E-state index in [2.05, 4.69) is 12.2 Å². The predicted octanol–water partition coefficient (Wildman–Crippen LogP) is 5.92. The minimum atomic E-state index is -0.584. The zero-order valence-corrected chi connectivity index (χ0v) is 18.0. The van der Waals surface area contributed by atoms with Crippen molar-refractivity contribution in [2.75, 3.05) is 0 Å². The van der Waals surface area contributed by atoms with E-state index in [9.17, 15) is 9.59 Å². The molecular weight excluding hydrogens is 326 g/mol. The van der Waals surface area contributed by atoms with Gasteiger partial charge in [0.15, 0.2) is 0 Å². The summed E-state index contributed by atoms with van der Waals surface area (Å²) < 4.78 is 5.26. The maximum Gasteiger partial charge on any atom is 0.328 e. The Balaban J connectivity index is 3.50. The van der Waals surface area contributed by atoms with Gasteiger partial charge in [-0.1, -0.05) is 77.6 Å². The Hall–Kier alpha value is -1.06. The predicted molar refractivity (Wildman–Crippen MR) is 109 cm³/mol. The van der Waals surface area contributed by atoms with Gasteiger partial charge >= 0.3 is 5.97 Å². The van der Waals surface area contributed by atoms with Crippen LogP contribution in [0, 0.1) is 0 Å². The smallest absolute Gasteiger partial charge is 0.328 e. The second kappa shape index (κ2) is 15.0. The maximum absolute atomic E-state index is 11.9. The molecule has 154 valence electrons. The SMILES string of the molecule is CCCCCCCCCCCCCCC(=O)N[C@H](C)C(=O)OC(C)(C)C. The molecule has 4 nitrogen and oxygen atoms in total. The average Bonchev–Trinajstić information content (AvgIpc) is 2.54. The molecule has 1 atom stereocenters. The normalized spacial score (nSPS) is 12.7. The first-order valence-corrected chi connectivity index (χ1v) is 10.8. The summed E-state index contributed by atoms with van der Waals surface area (Å²) in [6, 6.07) is -0.584. The molecule has 0 heterocycles. The molecule has 0 aliphatic heterocycles. The Labute approximate surface area is 161 Å². The third-order valence-corrected chi connectivity index (χ3v) is 4.40. The molecule has 0 fully saturated rings. The van der Waals surface area contributed by atoms with Crippen molar-refractivity contribution < 1.29 is 14.3 Å². The number of hydrogen-bond acceptors (Lipinski definition) is 3. The summed E-state index contributed by atoms with van der Waals surface area (Å²) in [5.74, 6) is -0.434. The Bertz CT molecular complexity index is 374. The van der Waals surface area contributed by atoms with Crippen LogP contribution in [0.5, 0.6) is 0 Å². The van der Waals surface area contributed by atoms with E-state index in [4.69, 9.17) is 4.74 Å². The molecule has 0 aromatic rings. The fourth-order valence-corrected chi connectivity index (χ4v) is 2.89. The van der Waals surface area contributed by atoms with Crippen LogP contribution in [0.3, 0.4) is 0 Å². The van der Waals surface area contributed by atoms with Crippen LogP contribution < -0.4 is 5.32 Å². The van der Waals surface area contributed by atoms with Gasteiger partial charge in [-0.15, -0.1) is 0 Å². The van der Waals surface area contributed by atoms with Crippen LogP contribution in [0.1, 0.15) is 118 Å². The third kappa shape index (κ3) is 16.4. The summed E-state index contributed by atoms with van der Waals surface area (Å²) in [6.45, 7) is 9.41. The Kier molecular flexibility index (Phi) is 14.4. The van der Waals surface area contributed by atoms with Crippen molar-refractivity contribution >= 4 is 11.9 Å². The van der Waals surface area contributed by atoms with Crippen LogP contribution in [-0.2, 0) is 14.3 Å². The molecule has 26 heavy (non-hydrogen) atoms. The zero-order valence-electron chi connectivity index (χ0n) is 18.0. The summed E-state index contributed by atoms with van der Waals surface area (Å²) in [5, 5.41) is 2.73. The van der Waals surface area contributed by atoms with E-state index in [1.165, 1.54) is 64.2 Å². The lowest BCUT2D eigenvalue weighted by atomic mass is 10.0. The van der Waals surface area contributed by atoms with E-state index >= 15 is 0 Å². The van der Waals surface area contributed by atoms with Gasteiger partial charge in [-0.25, -0.2) is 4.79 Å². The molecule has 4 heteroatoms. The van der Waals surface area contributed by atoms with E-state index in [0.717, 1.165) is 12.8 Å². The number of unbranched alkanes of at least 4 members (excludes halogenated alkanes) is 11. The number of carbonyl (C=O) groups excluding carboxylic acids is 2. The van der Waals surface area contributed by atoms with E-state index in [1.54, 1.807) is 6.92 Å². The Morgan fingerprint density at radius 2 is 1.23 bits per heavy atom. The molecule has 0 bridgehead atoms. The topological polar surface area (TPSA) is 55.4 Å². The first-order chi connectivity index (χ1) is 12.3. The van der Waals surface area contributed by atoms with Gasteiger partial charge < -0.3 is 10.1 Å². The van der Waals surface area contributed by atoms with Crippen molar-refractivity contribution in [1.29, 1.82) is 0 Å². The summed E-state index contributed by atoms with van der Waals surface area (Å²) in [7, 11) is 0. The minimum absolute atomic E-state index is 0.0598. The molecule has 0 aromatic heterocycles. The molecule has 1 N–H and O–H groups in total. The van der Waals surface area contributed by atoms with Crippen LogP contribution in [-0.4, -0.2) is 23.5 Å². The van der Waals surface area contributed by atoms with Crippen molar-refractivity contribution in [3.8, 4) is 0 Å². The van der Waals surface area contributed by atoms with Gasteiger partial charge in [-0.2, -0.15) is 0 Å². The van der Waals surface area contributed by atoms with Gasteiger partial charge in [0, 0.05) is 6.42 Å². The molecule has 0 saturated heterocycles. The zero-order chi connectivity index (χ0) is 19.8. The summed E-state index contributed by atoms with van der Waals surface area (Å²) in [4.78, 5) is 23.7. The fraction of sp³-hybridized carbons (Fsp3) is 0.909. The molecule has 0 aromatic carbocycles. The van der Waals surface area contributed by atoms with E-state index in [-0.39, 0.29) is 11.9 Å². The van der Waals surface area contributed by atoms with Crippen molar-refractivity contribution in [2.24, 2.45) is 0 Å². The minimum Gasteiger partial charge on any atom is -0.458 e. The summed E-state index contributed by atoms with van der Waals surface area (Å²) in [5.41, 5.74) is -0.522. The number of esters is 1. The molecule has 0 radical (unpaired) electrons. The molecule has 0 saturated carbocycles. The highest BCUT2D eigenvalue weighted by molar-refractivity contribution is 5.84.